The van der Waals surface area contributed by atoms with Crippen molar-refractivity contribution in [3.8, 4) is 0 Å². The summed E-state index contributed by atoms with van der Waals surface area (Å²) in [6, 6.07) is 6.14. The zero-order valence-corrected chi connectivity index (χ0v) is 10.0. The van der Waals surface area contributed by atoms with Crippen LogP contribution in [0, 0.1) is 11.7 Å². The summed E-state index contributed by atoms with van der Waals surface area (Å²) >= 11 is 0. The Morgan fingerprint density at radius 3 is 2.59 bits per heavy atom. The molecule has 0 aliphatic carbocycles. The first-order valence-corrected chi connectivity index (χ1v) is 5.58. The van der Waals surface area contributed by atoms with Crippen LogP contribution in [0.2, 0.25) is 0 Å². The second-order valence-electron chi connectivity index (χ2n) is 4.35. The maximum atomic E-state index is 13.4. The highest BCUT2D eigenvalue weighted by Crippen LogP contribution is 2.12. The quantitative estimate of drug-likeness (QED) is 0.831. The van der Waals surface area contributed by atoms with E-state index in [4.69, 9.17) is 9.84 Å². The topological polar surface area (TPSA) is 46.5 Å². The Balaban J connectivity index is 2.67. The third kappa shape index (κ3) is 4.53. The van der Waals surface area contributed by atoms with Gasteiger partial charge in [-0.05, 0) is 17.5 Å². The summed E-state index contributed by atoms with van der Waals surface area (Å²) in [6.07, 6.45) is -0.941. The molecule has 0 aliphatic heterocycles. The third-order valence-electron chi connectivity index (χ3n) is 2.27. The van der Waals surface area contributed by atoms with E-state index in [2.05, 4.69) is 0 Å². The molecule has 1 unspecified atom stereocenters. The number of rotatable bonds is 6. The Kier molecular flexibility index (Phi) is 5.10. The average Bonchev–Trinajstić information content (AvgIpc) is 2.25. The first-order chi connectivity index (χ1) is 8.00. The van der Waals surface area contributed by atoms with Gasteiger partial charge in [-0.25, -0.2) is 9.18 Å². The van der Waals surface area contributed by atoms with Crippen molar-refractivity contribution in [2.24, 2.45) is 5.92 Å². The Morgan fingerprint density at radius 1 is 1.41 bits per heavy atom. The Hall–Kier alpha value is -1.42. The monoisotopic (exact) mass is 240 g/mol. The Labute approximate surface area is 100 Å². The lowest BCUT2D eigenvalue weighted by Gasteiger charge is -2.15. The van der Waals surface area contributed by atoms with Crippen LogP contribution in [-0.2, 0) is 16.0 Å². The minimum Gasteiger partial charge on any atom is -0.479 e. The number of hydrogen-bond acceptors (Lipinski definition) is 2. The number of carbonyl (C=O) groups is 1. The molecular formula is C13H17FO3. The van der Waals surface area contributed by atoms with E-state index >= 15 is 0 Å². The van der Waals surface area contributed by atoms with Gasteiger partial charge in [0.25, 0.3) is 0 Å². The molecule has 17 heavy (non-hydrogen) atoms. The zero-order valence-electron chi connectivity index (χ0n) is 10.0. The van der Waals surface area contributed by atoms with E-state index in [1.54, 1.807) is 18.2 Å². The van der Waals surface area contributed by atoms with Gasteiger partial charge in [0, 0.05) is 6.42 Å². The predicted octanol–water partition coefficient (Wildman–Crippen LogP) is 2.49. The number of ether oxygens (including phenoxy) is 1. The highest BCUT2D eigenvalue weighted by atomic mass is 19.1. The number of halogens is 1. The van der Waals surface area contributed by atoms with Crippen molar-refractivity contribution in [2.45, 2.75) is 26.4 Å². The third-order valence-corrected chi connectivity index (χ3v) is 2.27. The molecule has 0 aliphatic rings. The lowest BCUT2D eigenvalue weighted by Crippen LogP contribution is -2.28. The minimum absolute atomic E-state index is 0.0503. The fraction of sp³-hybridized carbons (Fsp3) is 0.462. The zero-order chi connectivity index (χ0) is 12.8. The van der Waals surface area contributed by atoms with Crippen molar-refractivity contribution in [1.82, 2.24) is 0 Å². The van der Waals surface area contributed by atoms with Crippen LogP contribution in [0.1, 0.15) is 19.4 Å². The molecular weight excluding hydrogens is 223 g/mol. The second kappa shape index (κ2) is 6.35. The van der Waals surface area contributed by atoms with Gasteiger partial charge in [0.15, 0.2) is 6.10 Å². The molecule has 0 saturated carbocycles. The van der Waals surface area contributed by atoms with E-state index < -0.39 is 17.9 Å². The van der Waals surface area contributed by atoms with Crippen molar-refractivity contribution in [3.63, 3.8) is 0 Å². The summed E-state index contributed by atoms with van der Waals surface area (Å²) in [6.45, 7) is 4.22. The van der Waals surface area contributed by atoms with E-state index in [1.165, 1.54) is 6.07 Å². The van der Waals surface area contributed by atoms with E-state index in [9.17, 15) is 9.18 Å². The van der Waals surface area contributed by atoms with Crippen LogP contribution in [-0.4, -0.2) is 23.8 Å². The number of aliphatic carboxylic acids is 1. The summed E-state index contributed by atoms with van der Waals surface area (Å²) < 4.78 is 18.6. The van der Waals surface area contributed by atoms with Crippen LogP contribution < -0.4 is 0 Å². The molecule has 4 heteroatoms. The summed E-state index contributed by atoms with van der Waals surface area (Å²) in [7, 11) is 0. The molecule has 1 aromatic rings. The van der Waals surface area contributed by atoms with Gasteiger partial charge in [-0.2, -0.15) is 0 Å². The SMILES string of the molecule is CC(C)COC(Cc1ccccc1F)C(=O)O. The summed E-state index contributed by atoms with van der Waals surface area (Å²) in [5.74, 6) is -1.21. The van der Waals surface area contributed by atoms with E-state index in [0.29, 0.717) is 12.2 Å². The lowest BCUT2D eigenvalue weighted by molar-refractivity contribution is -0.151. The molecule has 0 bridgehead atoms. The molecule has 1 aromatic carbocycles. The van der Waals surface area contributed by atoms with Crippen LogP contribution in [0.15, 0.2) is 24.3 Å². The van der Waals surface area contributed by atoms with Gasteiger partial charge in [-0.3, -0.25) is 0 Å². The lowest BCUT2D eigenvalue weighted by atomic mass is 10.1. The van der Waals surface area contributed by atoms with E-state index in [-0.39, 0.29) is 12.3 Å². The number of hydrogen-bond donors (Lipinski definition) is 1. The summed E-state index contributed by atoms with van der Waals surface area (Å²) in [4.78, 5) is 11.0. The molecule has 0 fully saturated rings. The largest absolute Gasteiger partial charge is 0.479 e. The fourth-order valence-electron chi connectivity index (χ4n) is 1.39. The molecule has 0 saturated heterocycles. The number of carboxylic acids is 1. The van der Waals surface area contributed by atoms with Crippen LogP contribution in [0.4, 0.5) is 4.39 Å². The maximum absolute atomic E-state index is 13.4. The van der Waals surface area contributed by atoms with Crippen LogP contribution in [0.25, 0.3) is 0 Å². The minimum atomic E-state index is -1.06. The standard InChI is InChI=1S/C13H17FO3/c1-9(2)8-17-12(13(15)16)7-10-5-3-4-6-11(10)14/h3-6,9,12H,7-8H2,1-2H3,(H,15,16). The van der Waals surface area contributed by atoms with Gasteiger partial charge >= 0.3 is 5.97 Å². The molecule has 0 heterocycles. The van der Waals surface area contributed by atoms with Crippen molar-refractivity contribution < 1.29 is 19.0 Å². The molecule has 0 aromatic heterocycles. The average molecular weight is 240 g/mol. The Morgan fingerprint density at radius 2 is 2.06 bits per heavy atom. The van der Waals surface area contributed by atoms with Crippen molar-refractivity contribution in [1.29, 1.82) is 0 Å². The van der Waals surface area contributed by atoms with Gasteiger partial charge in [-0.1, -0.05) is 32.0 Å². The summed E-state index contributed by atoms with van der Waals surface area (Å²) in [5.41, 5.74) is 0.364. The smallest absolute Gasteiger partial charge is 0.333 e. The van der Waals surface area contributed by atoms with Crippen molar-refractivity contribution >= 4 is 5.97 Å². The molecule has 3 nitrogen and oxygen atoms in total. The maximum Gasteiger partial charge on any atom is 0.333 e. The van der Waals surface area contributed by atoms with Crippen LogP contribution >= 0.6 is 0 Å². The Bertz CT molecular complexity index is 377. The molecule has 1 N–H and O–H groups in total. The van der Waals surface area contributed by atoms with Gasteiger partial charge in [0.05, 0.1) is 6.61 Å². The van der Waals surface area contributed by atoms with Crippen molar-refractivity contribution in [3.05, 3.63) is 35.6 Å². The predicted molar refractivity (Wildman–Crippen MR) is 62.3 cm³/mol. The van der Waals surface area contributed by atoms with Gasteiger partial charge < -0.3 is 9.84 Å². The highest BCUT2D eigenvalue weighted by molar-refractivity contribution is 5.72. The van der Waals surface area contributed by atoms with Crippen molar-refractivity contribution in [2.75, 3.05) is 6.61 Å². The van der Waals surface area contributed by atoms with Gasteiger partial charge in [-0.15, -0.1) is 0 Å². The van der Waals surface area contributed by atoms with Gasteiger partial charge in [0.2, 0.25) is 0 Å². The summed E-state index contributed by atoms with van der Waals surface area (Å²) in [5, 5.41) is 8.99. The second-order valence-corrected chi connectivity index (χ2v) is 4.35. The molecule has 94 valence electrons. The van der Waals surface area contributed by atoms with Crippen LogP contribution in [0.3, 0.4) is 0 Å². The normalized spacial score (nSPS) is 12.7. The molecule has 1 rings (SSSR count). The first kappa shape index (κ1) is 13.6. The van der Waals surface area contributed by atoms with Gasteiger partial charge in [0.1, 0.15) is 5.82 Å². The van der Waals surface area contributed by atoms with E-state index in [0.717, 1.165) is 0 Å². The number of carboxylic acid groups (broad SMARTS) is 1. The van der Waals surface area contributed by atoms with E-state index in [1.807, 2.05) is 13.8 Å². The molecule has 0 spiro atoms. The molecule has 0 radical (unpaired) electrons. The van der Waals surface area contributed by atoms with Crippen LogP contribution in [0.5, 0.6) is 0 Å². The molecule has 1 atom stereocenters. The fourth-order valence-corrected chi connectivity index (χ4v) is 1.39. The highest BCUT2D eigenvalue weighted by Gasteiger charge is 2.20. The first-order valence-electron chi connectivity index (χ1n) is 5.58. The number of benzene rings is 1. The molecule has 0 amide bonds.